The number of hydrogen-bond donors (Lipinski definition) is 2. The third-order valence-electron chi connectivity index (χ3n) is 2.97. The molecule has 1 aromatic carbocycles. The fourth-order valence-electron chi connectivity index (χ4n) is 1.67. The highest BCUT2D eigenvalue weighted by Gasteiger charge is 2.09. The second-order valence-corrected chi connectivity index (χ2v) is 4.02. The van der Waals surface area contributed by atoms with Gasteiger partial charge in [0.25, 0.3) is 0 Å². The minimum absolute atomic E-state index is 0.586. The van der Waals surface area contributed by atoms with Crippen LogP contribution in [0.5, 0.6) is 0 Å². The molecule has 84 valence electrons. The van der Waals surface area contributed by atoms with Crippen molar-refractivity contribution < 1.29 is 0 Å². The molecule has 0 atom stereocenters. The zero-order chi connectivity index (χ0) is 11.9. The first kappa shape index (κ1) is 10.5. The summed E-state index contributed by atoms with van der Waals surface area (Å²) in [5.41, 5.74) is 17.0. The minimum Gasteiger partial charge on any atom is -0.397 e. The van der Waals surface area contributed by atoms with Crippen LogP contribution in [0.4, 0.5) is 11.4 Å². The maximum absolute atomic E-state index is 5.79. The lowest BCUT2D eigenvalue weighted by Gasteiger charge is -2.07. The average molecular weight is 216 g/mol. The van der Waals surface area contributed by atoms with E-state index in [1.54, 1.807) is 6.07 Å². The van der Waals surface area contributed by atoms with Crippen LogP contribution in [0.2, 0.25) is 0 Å². The van der Waals surface area contributed by atoms with E-state index in [2.05, 4.69) is 12.0 Å². The lowest BCUT2D eigenvalue weighted by Crippen LogP contribution is -2.02. The van der Waals surface area contributed by atoms with Gasteiger partial charge in [-0.25, -0.2) is 4.68 Å². The number of aryl methyl sites for hydroxylation is 1. The third kappa shape index (κ3) is 1.52. The summed E-state index contributed by atoms with van der Waals surface area (Å²) in [6.07, 6.45) is 0. The fraction of sp³-hybridized carbons (Fsp3) is 0.250. The summed E-state index contributed by atoms with van der Waals surface area (Å²) >= 11 is 0. The van der Waals surface area contributed by atoms with E-state index >= 15 is 0 Å². The van der Waals surface area contributed by atoms with Gasteiger partial charge in [0.1, 0.15) is 0 Å². The molecule has 0 saturated heterocycles. The van der Waals surface area contributed by atoms with Gasteiger partial charge in [-0.1, -0.05) is 0 Å². The van der Waals surface area contributed by atoms with Crippen molar-refractivity contribution in [3.05, 3.63) is 35.2 Å². The normalized spacial score (nSPS) is 10.7. The summed E-state index contributed by atoms with van der Waals surface area (Å²) in [5, 5.41) is 4.47. The van der Waals surface area contributed by atoms with Crippen LogP contribution in [-0.2, 0) is 0 Å². The Bertz CT molecular complexity index is 540. The number of benzene rings is 1. The second kappa shape index (κ2) is 3.56. The molecule has 4 N–H and O–H groups in total. The summed E-state index contributed by atoms with van der Waals surface area (Å²) < 4.78 is 1.89. The highest BCUT2D eigenvalue weighted by atomic mass is 15.3. The molecule has 0 saturated carbocycles. The number of nitrogen functional groups attached to an aromatic ring is 2. The number of nitrogens with zero attached hydrogens (tertiary/aromatic N) is 2. The van der Waals surface area contributed by atoms with Gasteiger partial charge in [0.2, 0.25) is 0 Å². The summed E-state index contributed by atoms with van der Waals surface area (Å²) in [6, 6.07) is 5.56. The molecular formula is C12H16N4. The van der Waals surface area contributed by atoms with Crippen molar-refractivity contribution in [2.75, 3.05) is 11.5 Å². The van der Waals surface area contributed by atoms with E-state index in [9.17, 15) is 0 Å². The highest BCUT2D eigenvalue weighted by molar-refractivity contribution is 5.66. The van der Waals surface area contributed by atoms with Crippen molar-refractivity contribution in [2.45, 2.75) is 20.8 Å². The maximum Gasteiger partial charge on any atom is 0.0670 e. The van der Waals surface area contributed by atoms with Crippen LogP contribution in [0.3, 0.4) is 0 Å². The third-order valence-corrected chi connectivity index (χ3v) is 2.97. The van der Waals surface area contributed by atoms with Gasteiger partial charge in [-0.2, -0.15) is 5.10 Å². The van der Waals surface area contributed by atoms with E-state index in [0.29, 0.717) is 11.4 Å². The lowest BCUT2D eigenvalue weighted by molar-refractivity contribution is 0.834. The zero-order valence-electron chi connectivity index (χ0n) is 9.78. The smallest absolute Gasteiger partial charge is 0.0670 e. The van der Waals surface area contributed by atoms with Crippen molar-refractivity contribution >= 4 is 11.4 Å². The molecule has 2 aromatic rings. The second-order valence-electron chi connectivity index (χ2n) is 4.02. The number of aromatic nitrogens is 2. The fourth-order valence-corrected chi connectivity index (χ4v) is 1.67. The molecule has 16 heavy (non-hydrogen) atoms. The van der Waals surface area contributed by atoms with Gasteiger partial charge in [0.05, 0.1) is 22.8 Å². The van der Waals surface area contributed by atoms with E-state index in [1.165, 1.54) is 5.56 Å². The van der Waals surface area contributed by atoms with E-state index in [-0.39, 0.29) is 0 Å². The Kier molecular flexibility index (Phi) is 2.34. The monoisotopic (exact) mass is 216 g/mol. The first-order valence-electron chi connectivity index (χ1n) is 5.19. The van der Waals surface area contributed by atoms with Crippen LogP contribution in [0.15, 0.2) is 18.2 Å². The maximum atomic E-state index is 5.79. The average Bonchev–Trinajstić information content (AvgIpc) is 2.50. The van der Waals surface area contributed by atoms with Crippen molar-refractivity contribution in [3.8, 4) is 5.69 Å². The van der Waals surface area contributed by atoms with E-state index in [4.69, 9.17) is 11.5 Å². The van der Waals surface area contributed by atoms with Crippen LogP contribution in [0.1, 0.15) is 17.0 Å². The molecule has 0 bridgehead atoms. The van der Waals surface area contributed by atoms with Crippen LogP contribution < -0.4 is 11.5 Å². The Balaban J connectivity index is 2.59. The van der Waals surface area contributed by atoms with Crippen molar-refractivity contribution in [2.24, 2.45) is 0 Å². The van der Waals surface area contributed by atoms with Crippen molar-refractivity contribution in [1.29, 1.82) is 0 Å². The van der Waals surface area contributed by atoms with Gasteiger partial charge in [0, 0.05) is 5.69 Å². The van der Waals surface area contributed by atoms with Crippen molar-refractivity contribution in [1.82, 2.24) is 9.78 Å². The molecular weight excluding hydrogens is 200 g/mol. The summed E-state index contributed by atoms with van der Waals surface area (Å²) in [6.45, 7) is 6.11. The van der Waals surface area contributed by atoms with E-state index < -0.39 is 0 Å². The molecule has 0 aliphatic heterocycles. The predicted octanol–water partition coefficient (Wildman–Crippen LogP) is 1.96. The summed E-state index contributed by atoms with van der Waals surface area (Å²) in [7, 11) is 0. The van der Waals surface area contributed by atoms with Gasteiger partial charge in [-0.05, 0) is 44.5 Å². The van der Waals surface area contributed by atoms with Gasteiger partial charge < -0.3 is 11.5 Å². The van der Waals surface area contributed by atoms with Crippen molar-refractivity contribution in [3.63, 3.8) is 0 Å². The number of nitrogens with two attached hydrogens (primary N) is 2. The Morgan fingerprint density at radius 3 is 2.25 bits per heavy atom. The quantitative estimate of drug-likeness (QED) is 0.716. The van der Waals surface area contributed by atoms with Gasteiger partial charge in [0.15, 0.2) is 0 Å². The van der Waals surface area contributed by atoms with Gasteiger partial charge in [-0.3, -0.25) is 0 Å². The Morgan fingerprint density at radius 1 is 1.06 bits per heavy atom. The van der Waals surface area contributed by atoms with Crippen LogP contribution in [-0.4, -0.2) is 9.78 Å². The first-order valence-corrected chi connectivity index (χ1v) is 5.19. The highest BCUT2D eigenvalue weighted by Crippen LogP contribution is 2.21. The SMILES string of the molecule is Cc1nn(-c2ccc(N)c(N)c2)c(C)c1C. The molecule has 4 nitrogen and oxygen atoms in total. The Morgan fingerprint density at radius 2 is 1.75 bits per heavy atom. The molecule has 0 unspecified atom stereocenters. The van der Waals surface area contributed by atoms with E-state index in [1.807, 2.05) is 30.7 Å². The molecule has 1 aromatic heterocycles. The lowest BCUT2D eigenvalue weighted by atomic mass is 10.2. The van der Waals surface area contributed by atoms with Crippen LogP contribution >= 0.6 is 0 Å². The number of hydrogen-bond acceptors (Lipinski definition) is 3. The number of anilines is 2. The molecule has 4 heteroatoms. The standard InChI is InChI=1S/C12H16N4/c1-7-8(2)15-16(9(7)3)10-4-5-11(13)12(14)6-10/h4-6H,13-14H2,1-3H3. The zero-order valence-corrected chi connectivity index (χ0v) is 9.78. The summed E-state index contributed by atoms with van der Waals surface area (Å²) in [5.74, 6) is 0. The molecule has 0 radical (unpaired) electrons. The molecule has 0 aliphatic rings. The molecule has 0 fully saturated rings. The Hall–Kier alpha value is -1.97. The largest absolute Gasteiger partial charge is 0.397 e. The minimum atomic E-state index is 0.586. The predicted molar refractivity (Wildman–Crippen MR) is 66.6 cm³/mol. The molecule has 2 rings (SSSR count). The first-order chi connectivity index (χ1) is 7.50. The Labute approximate surface area is 94.9 Å². The summed E-state index contributed by atoms with van der Waals surface area (Å²) in [4.78, 5) is 0. The molecule has 0 amide bonds. The number of rotatable bonds is 1. The van der Waals surface area contributed by atoms with Crippen LogP contribution in [0.25, 0.3) is 5.69 Å². The molecule has 0 spiro atoms. The van der Waals surface area contributed by atoms with Crippen LogP contribution in [0, 0.1) is 20.8 Å². The van der Waals surface area contributed by atoms with Gasteiger partial charge >= 0.3 is 0 Å². The molecule has 1 heterocycles. The van der Waals surface area contributed by atoms with Gasteiger partial charge in [-0.15, -0.1) is 0 Å². The topological polar surface area (TPSA) is 69.9 Å². The van der Waals surface area contributed by atoms with E-state index in [0.717, 1.165) is 17.1 Å². The molecule has 0 aliphatic carbocycles.